The number of H-pyrrole nitrogens is 1. The van der Waals surface area contributed by atoms with Crippen LogP contribution in [0.2, 0.25) is 0 Å². The highest BCUT2D eigenvalue weighted by atomic mass is 15.0. The van der Waals surface area contributed by atoms with Gasteiger partial charge in [-0.15, -0.1) is 0 Å². The van der Waals surface area contributed by atoms with Crippen molar-refractivity contribution in [2.45, 2.75) is 19.5 Å². The molecule has 0 aliphatic carbocycles. The van der Waals surface area contributed by atoms with Crippen molar-refractivity contribution >= 4 is 10.9 Å². The molecule has 4 nitrogen and oxygen atoms in total. The van der Waals surface area contributed by atoms with Gasteiger partial charge in [0.15, 0.2) is 0 Å². The molecule has 0 fully saturated rings. The van der Waals surface area contributed by atoms with Gasteiger partial charge in [-0.3, -0.25) is 0 Å². The van der Waals surface area contributed by atoms with E-state index < -0.39 is 0 Å². The van der Waals surface area contributed by atoms with E-state index in [1.807, 2.05) is 18.6 Å². The van der Waals surface area contributed by atoms with Gasteiger partial charge in [0.2, 0.25) is 0 Å². The predicted octanol–water partition coefficient (Wildman–Crippen LogP) is 2.07. The van der Waals surface area contributed by atoms with Crippen LogP contribution in [0.15, 0.2) is 43.0 Å². The second-order valence-corrected chi connectivity index (χ2v) is 4.42. The standard InChI is InChI=1S/C14H16N4/c15-7-12-9-18(10-17-12)6-5-11-8-16-14-4-2-1-3-13(11)14/h1-4,8-10,16H,5-7,15H2. The minimum absolute atomic E-state index is 0.500. The molecule has 0 unspecified atom stereocenters. The Bertz CT molecular complexity index is 650. The van der Waals surface area contributed by atoms with Crippen molar-refractivity contribution in [2.75, 3.05) is 0 Å². The summed E-state index contributed by atoms with van der Waals surface area (Å²) in [5.41, 5.74) is 9.02. The minimum Gasteiger partial charge on any atom is -0.361 e. The Balaban J connectivity index is 1.76. The average Bonchev–Trinajstić information content (AvgIpc) is 3.03. The van der Waals surface area contributed by atoms with Gasteiger partial charge in [0.25, 0.3) is 0 Å². The highest BCUT2D eigenvalue weighted by molar-refractivity contribution is 5.82. The molecule has 4 heteroatoms. The molecule has 0 spiro atoms. The van der Waals surface area contributed by atoms with E-state index in [9.17, 15) is 0 Å². The molecule has 2 aromatic heterocycles. The van der Waals surface area contributed by atoms with Crippen LogP contribution in [0.25, 0.3) is 10.9 Å². The van der Waals surface area contributed by atoms with Gasteiger partial charge in [-0.1, -0.05) is 18.2 Å². The van der Waals surface area contributed by atoms with Crippen LogP contribution in [0.3, 0.4) is 0 Å². The Morgan fingerprint density at radius 2 is 2.17 bits per heavy atom. The number of fused-ring (bicyclic) bond motifs is 1. The van der Waals surface area contributed by atoms with Crippen LogP contribution < -0.4 is 5.73 Å². The maximum absolute atomic E-state index is 5.55. The van der Waals surface area contributed by atoms with Crippen molar-refractivity contribution < 1.29 is 0 Å². The molecule has 92 valence electrons. The van der Waals surface area contributed by atoms with Crippen molar-refractivity contribution in [3.63, 3.8) is 0 Å². The molecular weight excluding hydrogens is 224 g/mol. The van der Waals surface area contributed by atoms with Crippen LogP contribution in [-0.2, 0) is 19.5 Å². The van der Waals surface area contributed by atoms with Crippen LogP contribution in [0.1, 0.15) is 11.3 Å². The molecule has 18 heavy (non-hydrogen) atoms. The topological polar surface area (TPSA) is 59.6 Å². The molecule has 0 aliphatic rings. The van der Waals surface area contributed by atoms with Crippen LogP contribution in [0, 0.1) is 0 Å². The smallest absolute Gasteiger partial charge is 0.0950 e. The molecule has 0 bridgehead atoms. The summed E-state index contributed by atoms with van der Waals surface area (Å²) in [5.74, 6) is 0. The molecule has 3 aromatic rings. The summed E-state index contributed by atoms with van der Waals surface area (Å²) < 4.78 is 2.09. The molecule has 0 amide bonds. The highest BCUT2D eigenvalue weighted by Crippen LogP contribution is 2.18. The van der Waals surface area contributed by atoms with Crippen LogP contribution >= 0.6 is 0 Å². The number of nitrogens with one attached hydrogen (secondary N) is 1. The number of imidazole rings is 1. The number of hydrogen-bond acceptors (Lipinski definition) is 2. The summed E-state index contributed by atoms with van der Waals surface area (Å²) >= 11 is 0. The van der Waals surface area contributed by atoms with Crippen molar-refractivity contribution in [2.24, 2.45) is 5.73 Å². The van der Waals surface area contributed by atoms with Crippen LogP contribution in [-0.4, -0.2) is 14.5 Å². The predicted molar refractivity (Wildman–Crippen MR) is 72.1 cm³/mol. The Morgan fingerprint density at radius 1 is 1.28 bits per heavy atom. The fourth-order valence-electron chi connectivity index (χ4n) is 2.22. The first-order valence-corrected chi connectivity index (χ1v) is 6.12. The lowest BCUT2D eigenvalue weighted by molar-refractivity contribution is 0.697. The molecule has 3 rings (SSSR count). The summed E-state index contributed by atoms with van der Waals surface area (Å²) in [6.45, 7) is 1.43. The average molecular weight is 240 g/mol. The third-order valence-corrected chi connectivity index (χ3v) is 3.21. The largest absolute Gasteiger partial charge is 0.361 e. The van der Waals surface area contributed by atoms with Gasteiger partial charge in [0.1, 0.15) is 0 Å². The lowest BCUT2D eigenvalue weighted by atomic mass is 10.1. The number of nitrogens with zero attached hydrogens (tertiary/aromatic N) is 2. The van der Waals surface area contributed by atoms with E-state index in [4.69, 9.17) is 5.73 Å². The lowest BCUT2D eigenvalue weighted by Gasteiger charge is -2.01. The zero-order chi connectivity index (χ0) is 12.4. The molecule has 0 saturated heterocycles. The Hall–Kier alpha value is -2.07. The number of hydrogen-bond donors (Lipinski definition) is 2. The summed E-state index contributed by atoms with van der Waals surface area (Å²) in [6, 6.07) is 8.37. The van der Waals surface area contributed by atoms with Crippen LogP contribution in [0.4, 0.5) is 0 Å². The van der Waals surface area contributed by atoms with E-state index in [2.05, 4.69) is 38.9 Å². The van der Waals surface area contributed by atoms with Gasteiger partial charge in [0, 0.05) is 36.4 Å². The SMILES string of the molecule is NCc1cn(CCc2c[nH]c3ccccc23)cn1. The summed E-state index contributed by atoms with van der Waals surface area (Å²) in [6.07, 6.45) is 6.93. The third-order valence-electron chi connectivity index (χ3n) is 3.21. The number of aryl methyl sites for hydroxylation is 2. The van der Waals surface area contributed by atoms with Crippen molar-refractivity contribution in [1.82, 2.24) is 14.5 Å². The van der Waals surface area contributed by atoms with Gasteiger partial charge in [-0.05, 0) is 18.1 Å². The normalized spacial score (nSPS) is 11.2. The first kappa shape index (κ1) is 11.0. The lowest BCUT2D eigenvalue weighted by Crippen LogP contribution is -1.99. The van der Waals surface area contributed by atoms with E-state index in [0.29, 0.717) is 6.54 Å². The molecule has 0 radical (unpaired) electrons. The molecular formula is C14H16N4. The minimum atomic E-state index is 0.500. The fraction of sp³-hybridized carbons (Fsp3) is 0.214. The molecule has 0 atom stereocenters. The van der Waals surface area contributed by atoms with Gasteiger partial charge < -0.3 is 15.3 Å². The second-order valence-electron chi connectivity index (χ2n) is 4.42. The van der Waals surface area contributed by atoms with E-state index in [0.717, 1.165) is 18.7 Å². The van der Waals surface area contributed by atoms with E-state index in [1.54, 1.807) is 0 Å². The number of rotatable bonds is 4. The molecule has 0 aliphatic heterocycles. The van der Waals surface area contributed by atoms with Gasteiger partial charge >= 0.3 is 0 Å². The first-order chi connectivity index (χ1) is 8.86. The summed E-state index contributed by atoms with van der Waals surface area (Å²) in [4.78, 5) is 7.52. The molecule has 1 aromatic carbocycles. The van der Waals surface area contributed by atoms with E-state index in [1.165, 1.54) is 16.5 Å². The van der Waals surface area contributed by atoms with Gasteiger partial charge in [-0.25, -0.2) is 4.98 Å². The quantitative estimate of drug-likeness (QED) is 0.733. The maximum atomic E-state index is 5.55. The molecule has 3 N–H and O–H groups in total. The number of benzene rings is 1. The number of aromatic nitrogens is 3. The van der Waals surface area contributed by atoms with E-state index in [-0.39, 0.29) is 0 Å². The number of nitrogens with two attached hydrogens (primary N) is 1. The third kappa shape index (κ3) is 2.02. The number of para-hydroxylation sites is 1. The van der Waals surface area contributed by atoms with Crippen molar-refractivity contribution in [3.8, 4) is 0 Å². The Kier molecular flexibility index (Phi) is 2.86. The Labute approximate surface area is 105 Å². The Morgan fingerprint density at radius 3 is 3.00 bits per heavy atom. The maximum Gasteiger partial charge on any atom is 0.0950 e. The first-order valence-electron chi connectivity index (χ1n) is 6.12. The number of aromatic amines is 1. The molecule has 2 heterocycles. The van der Waals surface area contributed by atoms with Gasteiger partial charge in [-0.2, -0.15) is 0 Å². The molecule has 0 saturated carbocycles. The van der Waals surface area contributed by atoms with Gasteiger partial charge in [0.05, 0.1) is 12.0 Å². The summed E-state index contributed by atoms with van der Waals surface area (Å²) in [5, 5.41) is 1.30. The van der Waals surface area contributed by atoms with Crippen molar-refractivity contribution in [3.05, 3.63) is 54.2 Å². The highest BCUT2D eigenvalue weighted by Gasteiger charge is 2.03. The second kappa shape index (κ2) is 4.66. The van der Waals surface area contributed by atoms with Crippen molar-refractivity contribution in [1.29, 1.82) is 0 Å². The monoisotopic (exact) mass is 240 g/mol. The zero-order valence-electron chi connectivity index (χ0n) is 10.1. The summed E-state index contributed by atoms with van der Waals surface area (Å²) in [7, 11) is 0. The fourth-order valence-corrected chi connectivity index (χ4v) is 2.22. The zero-order valence-corrected chi connectivity index (χ0v) is 10.1. The van der Waals surface area contributed by atoms with E-state index >= 15 is 0 Å². The van der Waals surface area contributed by atoms with Crippen LogP contribution in [0.5, 0.6) is 0 Å².